The molecule has 2 bridgehead atoms. The van der Waals surface area contributed by atoms with Crippen LogP contribution >= 0.6 is 11.8 Å². The van der Waals surface area contributed by atoms with Crippen LogP contribution in [0.5, 0.6) is 0 Å². The first kappa shape index (κ1) is 33.0. The number of carbonyl (C=O) groups excluding carboxylic acids is 3. The molecule has 3 fully saturated rings. The predicted octanol–water partition coefficient (Wildman–Crippen LogP) is 5.16. The molecule has 10 heteroatoms. The minimum atomic E-state index is -1.05. The highest BCUT2D eigenvalue weighted by Crippen LogP contribution is 2.68. The number of fused-ring (bicyclic) bond motifs is 1. The number of aliphatic hydroxyl groups is 1. The lowest BCUT2D eigenvalue weighted by molar-refractivity contribution is -0.205. The zero-order valence-electron chi connectivity index (χ0n) is 27.1. The molecule has 1 amide bonds. The fraction of sp³-hybridized carbons (Fsp3) is 0.528. The summed E-state index contributed by atoms with van der Waals surface area (Å²) in [5.41, 5.74) is 0.767. The normalized spacial score (nSPS) is 35.0. The van der Waals surface area contributed by atoms with Crippen LogP contribution in [0.25, 0.3) is 0 Å². The van der Waals surface area contributed by atoms with Gasteiger partial charge >= 0.3 is 13.1 Å². The summed E-state index contributed by atoms with van der Waals surface area (Å²) in [4.78, 5) is 41.2. The molecule has 0 aromatic heterocycles. The van der Waals surface area contributed by atoms with E-state index in [9.17, 15) is 24.5 Å². The molecule has 0 radical (unpaired) electrons. The lowest BCUT2D eigenvalue weighted by Crippen LogP contribution is -2.63. The largest absolute Gasteiger partial charge is 0.491 e. The first-order chi connectivity index (χ1) is 21.8. The van der Waals surface area contributed by atoms with Crippen molar-refractivity contribution in [3.63, 3.8) is 0 Å². The fourth-order valence-corrected chi connectivity index (χ4v) is 9.87. The molecule has 2 aromatic rings. The van der Waals surface area contributed by atoms with Crippen LogP contribution in [0, 0.1) is 34.0 Å². The average molecular weight is 646 g/mol. The van der Waals surface area contributed by atoms with Crippen molar-refractivity contribution >= 4 is 47.7 Å². The standard InChI is InChI=1S/C36H44BNO7S/c1-6-34(4)18-29(35(5)21(2)13-15-36(22(3)32(34)41)16-14-27(39)31(35)36)45-30(40)20-46-28-10-8-7-9-26(28)38-33(42)23-11-12-24-19-44-37(43)25(24)17-23/h6-12,17,21-22,29,31-32,41,43H,1,13-16,18-20H2,2-5H3,(H,38,42)/t21-,22+,29-,31+,32+,34-,35+,36+/m1/s1. The van der Waals surface area contributed by atoms with Gasteiger partial charge in [0.2, 0.25) is 0 Å². The highest BCUT2D eigenvalue weighted by atomic mass is 32.2. The maximum atomic E-state index is 13.7. The van der Waals surface area contributed by atoms with Gasteiger partial charge in [-0.2, -0.15) is 0 Å². The second kappa shape index (κ2) is 12.3. The van der Waals surface area contributed by atoms with E-state index in [1.54, 1.807) is 30.3 Å². The topological polar surface area (TPSA) is 122 Å². The number of benzene rings is 2. The number of aliphatic hydroxyl groups excluding tert-OH is 1. The number of hydrogen-bond acceptors (Lipinski definition) is 8. The Morgan fingerprint density at radius 2 is 1.96 bits per heavy atom. The number of rotatable bonds is 7. The fourth-order valence-electron chi connectivity index (χ4n) is 9.08. The molecule has 3 aliphatic carbocycles. The molecule has 1 aliphatic heterocycles. The van der Waals surface area contributed by atoms with E-state index in [-0.39, 0.29) is 40.6 Å². The Labute approximate surface area is 275 Å². The van der Waals surface area contributed by atoms with Gasteiger partial charge in [-0.3, -0.25) is 14.4 Å². The maximum absolute atomic E-state index is 13.7. The Morgan fingerprint density at radius 1 is 1.20 bits per heavy atom. The average Bonchev–Trinajstić information content (AvgIpc) is 3.60. The molecule has 3 N–H and O–H groups in total. The molecular weight excluding hydrogens is 601 g/mol. The minimum absolute atomic E-state index is 0.00371. The summed E-state index contributed by atoms with van der Waals surface area (Å²) < 4.78 is 11.6. The van der Waals surface area contributed by atoms with Gasteiger partial charge in [0.05, 0.1) is 24.2 Å². The summed E-state index contributed by atoms with van der Waals surface area (Å²) in [5.74, 6) is -0.744. The first-order valence-corrected chi connectivity index (χ1v) is 17.3. The third-order valence-electron chi connectivity index (χ3n) is 12.1. The second-order valence-corrected chi connectivity index (χ2v) is 15.4. The van der Waals surface area contributed by atoms with Gasteiger partial charge in [-0.1, -0.05) is 52.0 Å². The Balaban J connectivity index is 1.21. The molecule has 0 saturated heterocycles. The SMILES string of the molecule is C=C[C@]1(C)C[C@@H](OC(=O)CSc2ccccc2NC(=O)c2ccc3c(c2)B(O)OC3)[C@]2(C)[C@H](C)CC[C@]3(CCC(=O)[C@H]32)[C@@H](C)[C@@H]1O. The number of para-hydroxylation sites is 1. The maximum Gasteiger partial charge on any atom is 0.491 e. The number of esters is 1. The Hall–Kier alpha value is -2.92. The van der Waals surface area contributed by atoms with Crippen LogP contribution in [-0.4, -0.2) is 52.9 Å². The monoisotopic (exact) mass is 645 g/mol. The number of carbonyl (C=O) groups is 3. The van der Waals surface area contributed by atoms with Crippen molar-refractivity contribution < 1.29 is 33.9 Å². The van der Waals surface area contributed by atoms with Crippen LogP contribution in [0.3, 0.4) is 0 Å². The lowest BCUT2D eigenvalue weighted by atomic mass is 9.44. The van der Waals surface area contributed by atoms with Gasteiger partial charge in [0.15, 0.2) is 0 Å². The molecule has 8 atom stereocenters. The van der Waals surface area contributed by atoms with Crippen molar-refractivity contribution in [2.45, 2.75) is 83.5 Å². The van der Waals surface area contributed by atoms with Crippen LogP contribution in [0.2, 0.25) is 0 Å². The third-order valence-corrected chi connectivity index (χ3v) is 13.2. The molecule has 2 aromatic carbocycles. The van der Waals surface area contributed by atoms with Gasteiger partial charge < -0.3 is 24.8 Å². The van der Waals surface area contributed by atoms with Crippen LogP contribution < -0.4 is 10.8 Å². The molecule has 1 heterocycles. The molecule has 244 valence electrons. The van der Waals surface area contributed by atoms with Crippen molar-refractivity contribution in [2.75, 3.05) is 11.1 Å². The van der Waals surface area contributed by atoms with Crippen LogP contribution in [0.15, 0.2) is 60.0 Å². The van der Waals surface area contributed by atoms with E-state index in [0.29, 0.717) is 41.1 Å². The van der Waals surface area contributed by atoms with E-state index in [2.05, 4.69) is 32.7 Å². The molecule has 4 aliphatic rings. The predicted molar refractivity (Wildman–Crippen MR) is 179 cm³/mol. The Bertz CT molecular complexity index is 1570. The summed E-state index contributed by atoms with van der Waals surface area (Å²) in [5, 5.41) is 24.8. The second-order valence-electron chi connectivity index (χ2n) is 14.4. The number of nitrogens with one attached hydrogen (secondary N) is 1. The van der Waals surface area contributed by atoms with Crippen molar-refractivity contribution in [3.8, 4) is 0 Å². The van der Waals surface area contributed by atoms with Gasteiger partial charge in [-0.05, 0) is 78.2 Å². The molecule has 46 heavy (non-hydrogen) atoms. The zero-order valence-corrected chi connectivity index (χ0v) is 27.9. The number of anilines is 1. The highest BCUT2D eigenvalue weighted by Gasteiger charge is 2.68. The molecule has 3 saturated carbocycles. The van der Waals surface area contributed by atoms with Crippen LogP contribution in [-0.2, 0) is 25.6 Å². The molecular formula is C36H44BNO7S. The van der Waals surface area contributed by atoms with Crippen molar-refractivity contribution in [2.24, 2.45) is 34.0 Å². The van der Waals surface area contributed by atoms with Gasteiger partial charge in [-0.15, -0.1) is 18.3 Å². The van der Waals surface area contributed by atoms with Crippen LogP contribution in [0.4, 0.5) is 5.69 Å². The number of ketones is 1. The lowest BCUT2D eigenvalue weighted by Gasteiger charge is -2.61. The van der Waals surface area contributed by atoms with E-state index in [4.69, 9.17) is 9.39 Å². The van der Waals surface area contributed by atoms with E-state index >= 15 is 0 Å². The minimum Gasteiger partial charge on any atom is -0.461 e. The van der Waals surface area contributed by atoms with E-state index in [1.807, 2.05) is 25.1 Å². The van der Waals surface area contributed by atoms with Gasteiger partial charge in [0, 0.05) is 33.6 Å². The third kappa shape index (κ3) is 5.35. The molecule has 6 rings (SSSR count). The number of hydrogen-bond donors (Lipinski definition) is 3. The van der Waals surface area contributed by atoms with Crippen LogP contribution in [0.1, 0.15) is 75.7 Å². The van der Waals surface area contributed by atoms with E-state index in [1.165, 1.54) is 11.8 Å². The van der Waals surface area contributed by atoms with Gasteiger partial charge in [0.1, 0.15) is 11.9 Å². The van der Waals surface area contributed by atoms with E-state index in [0.717, 1.165) is 24.8 Å². The van der Waals surface area contributed by atoms with Crippen molar-refractivity contribution in [3.05, 3.63) is 66.2 Å². The number of amides is 1. The van der Waals surface area contributed by atoms with Gasteiger partial charge in [0.25, 0.3) is 5.91 Å². The Kier molecular flexibility index (Phi) is 8.80. The number of ether oxygens (including phenoxy) is 1. The zero-order chi connectivity index (χ0) is 33.0. The van der Waals surface area contributed by atoms with Crippen molar-refractivity contribution in [1.29, 1.82) is 0 Å². The molecule has 0 spiro atoms. The summed E-state index contributed by atoms with van der Waals surface area (Å²) in [6.07, 6.45) is 3.92. The summed E-state index contributed by atoms with van der Waals surface area (Å²) in [6, 6.07) is 12.4. The van der Waals surface area contributed by atoms with E-state index < -0.39 is 36.1 Å². The molecule has 0 unspecified atom stereocenters. The first-order valence-electron chi connectivity index (χ1n) is 16.3. The Morgan fingerprint density at radius 3 is 2.72 bits per heavy atom. The smallest absolute Gasteiger partial charge is 0.461 e. The highest BCUT2D eigenvalue weighted by molar-refractivity contribution is 8.00. The molecule has 8 nitrogen and oxygen atoms in total. The van der Waals surface area contributed by atoms with Crippen molar-refractivity contribution in [1.82, 2.24) is 0 Å². The number of Topliss-reactive ketones (excluding diaryl/α,β-unsaturated/α-hetero) is 1. The number of thioether (sulfide) groups is 1. The summed E-state index contributed by atoms with van der Waals surface area (Å²) >= 11 is 1.27. The van der Waals surface area contributed by atoms with Gasteiger partial charge in [-0.25, -0.2) is 0 Å². The summed E-state index contributed by atoms with van der Waals surface area (Å²) in [6.45, 7) is 12.8. The summed E-state index contributed by atoms with van der Waals surface area (Å²) in [7, 11) is -1.05. The quantitative estimate of drug-likeness (QED) is 0.164.